The standard InChI is InChI=1S/C15H28N2O3/c1-7-15(6)14(19)17(9-11(5)20-8-2)12(10(3)4)13(18)16-15/h10-12H,7-9H2,1-6H3,(H,16,18). The van der Waals surface area contributed by atoms with Crippen LogP contribution in [-0.4, -0.2) is 47.6 Å². The lowest BCUT2D eigenvalue weighted by molar-refractivity contribution is -0.158. The van der Waals surface area contributed by atoms with E-state index in [0.717, 1.165) is 0 Å². The van der Waals surface area contributed by atoms with Gasteiger partial charge in [-0.2, -0.15) is 0 Å². The van der Waals surface area contributed by atoms with E-state index in [9.17, 15) is 9.59 Å². The molecule has 3 atom stereocenters. The Morgan fingerprint density at radius 3 is 2.35 bits per heavy atom. The summed E-state index contributed by atoms with van der Waals surface area (Å²) < 4.78 is 5.53. The Hall–Kier alpha value is -1.10. The molecule has 5 nitrogen and oxygen atoms in total. The minimum absolute atomic E-state index is 0.00940. The summed E-state index contributed by atoms with van der Waals surface area (Å²) in [7, 11) is 0. The fourth-order valence-electron chi connectivity index (χ4n) is 2.70. The first-order chi connectivity index (χ1) is 9.26. The summed E-state index contributed by atoms with van der Waals surface area (Å²) >= 11 is 0. The highest BCUT2D eigenvalue weighted by Gasteiger charge is 2.48. The number of piperazine rings is 1. The lowest BCUT2D eigenvalue weighted by atomic mass is 9.88. The maximum atomic E-state index is 12.7. The van der Waals surface area contributed by atoms with Gasteiger partial charge in [-0.25, -0.2) is 0 Å². The van der Waals surface area contributed by atoms with Crippen molar-refractivity contribution in [3.05, 3.63) is 0 Å². The topological polar surface area (TPSA) is 58.6 Å². The predicted octanol–water partition coefficient (Wildman–Crippen LogP) is 1.56. The van der Waals surface area contributed by atoms with E-state index in [4.69, 9.17) is 4.74 Å². The molecule has 3 unspecified atom stereocenters. The molecular weight excluding hydrogens is 256 g/mol. The van der Waals surface area contributed by atoms with Gasteiger partial charge in [0.05, 0.1) is 6.10 Å². The molecule has 0 aliphatic carbocycles. The van der Waals surface area contributed by atoms with E-state index in [2.05, 4.69) is 5.32 Å². The van der Waals surface area contributed by atoms with Crippen LogP contribution in [0.5, 0.6) is 0 Å². The van der Waals surface area contributed by atoms with E-state index in [1.165, 1.54) is 0 Å². The van der Waals surface area contributed by atoms with Gasteiger partial charge in [-0.3, -0.25) is 9.59 Å². The minimum atomic E-state index is -0.797. The first-order valence-electron chi connectivity index (χ1n) is 7.51. The number of carbonyl (C=O) groups excluding carboxylic acids is 2. The van der Waals surface area contributed by atoms with Crippen molar-refractivity contribution in [1.29, 1.82) is 0 Å². The van der Waals surface area contributed by atoms with Crippen LogP contribution in [0.2, 0.25) is 0 Å². The monoisotopic (exact) mass is 284 g/mol. The Morgan fingerprint density at radius 1 is 1.30 bits per heavy atom. The zero-order valence-corrected chi connectivity index (χ0v) is 13.5. The van der Waals surface area contributed by atoms with Crippen molar-refractivity contribution in [2.24, 2.45) is 5.92 Å². The number of hydrogen-bond donors (Lipinski definition) is 1. The lowest BCUT2D eigenvalue weighted by Crippen LogP contribution is -2.70. The van der Waals surface area contributed by atoms with E-state index in [-0.39, 0.29) is 23.8 Å². The van der Waals surface area contributed by atoms with Crippen LogP contribution in [0.4, 0.5) is 0 Å². The predicted molar refractivity (Wildman–Crippen MR) is 78.3 cm³/mol. The molecule has 0 spiro atoms. The summed E-state index contributed by atoms with van der Waals surface area (Å²) in [5, 5.41) is 2.89. The number of hydrogen-bond acceptors (Lipinski definition) is 3. The van der Waals surface area contributed by atoms with Gasteiger partial charge in [0.15, 0.2) is 0 Å². The molecule has 1 saturated heterocycles. The Labute approximate surface area is 122 Å². The fraction of sp³-hybridized carbons (Fsp3) is 0.867. The third-order valence-corrected chi connectivity index (χ3v) is 3.98. The highest BCUT2D eigenvalue weighted by molar-refractivity contribution is 5.99. The third kappa shape index (κ3) is 3.32. The van der Waals surface area contributed by atoms with Gasteiger partial charge in [0.1, 0.15) is 11.6 Å². The molecule has 0 radical (unpaired) electrons. The molecule has 116 valence electrons. The van der Waals surface area contributed by atoms with Crippen molar-refractivity contribution in [3.63, 3.8) is 0 Å². The summed E-state index contributed by atoms with van der Waals surface area (Å²) in [6.07, 6.45) is 0.513. The number of rotatable bonds is 6. The van der Waals surface area contributed by atoms with Gasteiger partial charge < -0.3 is 15.0 Å². The molecule has 1 N–H and O–H groups in total. The quantitative estimate of drug-likeness (QED) is 0.805. The molecule has 0 aromatic rings. The molecule has 1 aliphatic heterocycles. The maximum absolute atomic E-state index is 12.7. The number of nitrogens with one attached hydrogen (secondary N) is 1. The molecule has 5 heteroatoms. The van der Waals surface area contributed by atoms with Crippen molar-refractivity contribution in [3.8, 4) is 0 Å². The molecule has 20 heavy (non-hydrogen) atoms. The van der Waals surface area contributed by atoms with Gasteiger partial charge in [-0.05, 0) is 33.1 Å². The molecule has 1 heterocycles. The molecule has 1 aliphatic rings. The van der Waals surface area contributed by atoms with Gasteiger partial charge in [0.2, 0.25) is 11.8 Å². The Kier molecular flexibility index (Phi) is 5.57. The van der Waals surface area contributed by atoms with Gasteiger partial charge in [0, 0.05) is 13.2 Å². The van der Waals surface area contributed by atoms with E-state index >= 15 is 0 Å². The number of carbonyl (C=O) groups is 2. The van der Waals surface area contributed by atoms with Gasteiger partial charge in [-0.1, -0.05) is 20.8 Å². The normalized spacial score (nSPS) is 28.8. The maximum Gasteiger partial charge on any atom is 0.248 e. The average Bonchev–Trinajstić information content (AvgIpc) is 2.35. The van der Waals surface area contributed by atoms with Crippen LogP contribution in [0.3, 0.4) is 0 Å². The molecule has 0 aromatic heterocycles. The Balaban J connectivity index is 3.02. The van der Waals surface area contributed by atoms with Crippen LogP contribution in [-0.2, 0) is 14.3 Å². The van der Waals surface area contributed by atoms with Crippen molar-refractivity contribution in [2.45, 2.75) is 65.6 Å². The molecule has 0 aromatic carbocycles. The molecule has 1 fully saturated rings. The molecule has 0 saturated carbocycles. The van der Waals surface area contributed by atoms with E-state index in [1.807, 2.05) is 34.6 Å². The Bertz CT molecular complexity index is 370. The number of ether oxygens (including phenoxy) is 1. The lowest BCUT2D eigenvalue weighted by Gasteiger charge is -2.46. The van der Waals surface area contributed by atoms with Crippen LogP contribution >= 0.6 is 0 Å². The first kappa shape index (κ1) is 17.0. The third-order valence-electron chi connectivity index (χ3n) is 3.98. The van der Waals surface area contributed by atoms with Crippen LogP contribution in [0.25, 0.3) is 0 Å². The van der Waals surface area contributed by atoms with E-state index in [1.54, 1.807) is 11.8 Å². The summed E-state index contributed by atoms with van der Waals surface area (Å²) in [4.78, 5) is 26.8. The van der Waals surface area contributed by atoms with E-state index < -0.39 is 11.6 Å². The highest BCUT2D eigenvalue weighted by Crippen LogP contribution is 2.25. The van der Waals surface area contributed by atoms with Crippen LogP contribution in [0, 0.1) is 5.92 Å². The summed E-state index contributed by atoms with van der Waals surface area (Å²) in [5.74, 6) is 0.00619. The first-order valence-corrected chi connectivity index (χ1v) is 7.51. The second-order valence-electron chi connectivity index (χ2n) is 6.09. The van der Waals surface area contributed by atoms with Crippen LogP contribution < -0.4 is 5.32 Å². The second kappa shape index (κ2) is 6.57. The number of amides is 2. The molecule has 1 rings (SSSR count). The van der Waals surface area contributed by atoms with Crippen molar-refractivity contribution in [1.82, 2.24) is 10.2 Å². The SMILES string of the molecule is CCOC(C)CN1C(=O)C(C)(CC)NC(=O)C1C(C)C. The van der Waals surface area contributed by atoms with E-state index in [0.29, 0.717) is 19.6 Å². The Morgan fingerprint density at radius 2 is 1.90 bits per heavy atom. The minimum Gasteiger partial charge on any atom is -0.377 e. The van der Waals surface area contributed by atoms with Crippen molar-refractivity contribution in [2.75, 3.05) is 13.2 Å². The number of nitrogens with zero attached hydrogens (tertiary/aromatic N) is 1. The van der Waals surface area contributed by atoms with Gasteiger partial charge >= 0.3 is 0 Å². The smallest absolute Gasteiger partial charge is 0.248 e. The molecule has 2 amide bonds. The van der Waals surface area contributed by atoms with Gasteiger partial charge in [-0.15, -0.1) is 0 Å². The molecular formula is C15H28N2O3. The fourth-order valence-corrected chi connectivity index (χ4v) is 2.70. The van der Waals surface area contributed by atoms with Crippen LogP contribution in [0.15, 0.2) is 0 Å². The second-order valence-corrected chi connectivity index (χ2v) is 6.09. The zero-order valence-electron chi connectivity index (χ0n) is 13.5. The summed E-state index contributed by atoms with van der Waals surface area (Å²) in [6, 6.07) is -0.412. The van der Waals surface area contributed by atoms with Crippen LogP contribution in [0.1, 0.15) is 48.0 Å². The summed E-state index contributed by atoms with van der Waals surface area (Å²) in [6.45, 7) is 12.6. The molecule has 0 bridgehead atoms. The van der Waals surface area contributed by atoms with Gasteiger partial charge in [0.25, 0.3) is 0 Å². The zero-order chi connectivity index (χ0) is 15.5. The highest BCUT2D eigenvalue weighted by atomic mass is 16.5. The average molecular weight is 284 g/mol. The summed E-state index contributed by atoms with van der Waals surface area (Å²) in [5.41, 5.74) is -0.797. The van der Waals surface area contributed by atoms with Crippen molar-refractivity contribution < 1.29 is 14.3 Å². The van der Waals surface area contributed by atoms with Crippen molar-refractivity contribution >= 4 is 11.8 Å². The largest absolute Gasteiger partial charge is 0.377 e.